The van der Waals surface area contributed by atoms with Crippen molar-refractivity contribution in [3.8, 4) is 0 Å². The number of hydrogen-bond donors (Lipinski definition) is 3. The highest BCUT2D eigenvalue weighted by atomic mass is 16.4. The second-order valence-electron chi connectivity index (χ2n) is 7.25. The summed E-state index contributed by atoms with van der Waals surface area (Å²) in [6.07, 6.45) is 1.05. The Morgan fingerprint density at radius 1 is 1.12 bits per heavy atom. The van der Waals surface area contributed by atoms with Crippen LogP contribution < -0.4 is 0 Å². The van der Waals surface area contributed by atoms with Crippen LogP contribution in [0.2, 0.25) is 0 Å². The smallest absolute Gasteiger partial charge is 0.320 e. The standard InChI is InChI=1S/C17H31N3O6/c1-4-13(16(25)26)20-9-8-19(7-5-6-14(21)22)11-17(2,12-20)18(3)10-15(23)24/h13H,4-12H2,1-3H3,(H,21,22)(H,23,24)(H,25,26). The second kappa shape index (κ2) is 9.84. The van der Waals surface area contributed by atoms with Crippen LogP contribution in [0.25, 0.3) is 0 Å². The van der Waals surface area contributed by atoms with Gasteiger partial charge in [-0.05, 0) is 33.4 Å². The van der Waals surface area contributed by atoms with Crippen molar-refractivity contribution in [2.24, 2.45) is 0 Å². The van der Waals surface area contributed by atoms with E-state index in [1.807, 2.05) is 18.7 Å². The van der Waals surface area contributed by atoms with Gasteiger partial charge in [0.1, 0.15) is 6.04 Å². The van der Waals surface area contributed by atoms with E-state index in [-0.39, 0.29) is 13.0 Å². The molecule has 0 aromatic carbocycles. The van der Waals surface area contributed by atoms with Gasteiger partial charge < -0.3 is 20.2 Å². The van der Waals surface area contributed by atoms with Crippen molar-refractivity contribution in [1.29, 1.82) is 0 Å². The van der Waals surface area contributed by atoms with E-state index in [2.05, 4.69) is 4.90 Å². The first-order valence-electron chi connectivity index (χ1n) is 8.93. The minimum Gasteiger partial charge on any atom is -0.481 e. The normalized spacial score (nSPS) is 23.5. The third-order valence-corrected chi connectivity index (χ3v) is 5.08. The van der Waals surface area contributed by atoms with Gasteiger partial charge in [0.25, 0.3) is 0 Å². The van der Waals surface area contributed by atoms with Gasteiger partial charge >= 0.3 is 17.9 Å². The molecular formula is C17H31N3O6. The Balaban J connectivity index is 2.98. The predicted molar refractivity (Wildman–Crippen MR) is 95.3 cm³/mol. The van der Waals surface area contributed by atoms with Crippen molar-refractivity contribution in [3.05, 3.63) is 0 Å². The molecule has 0 spiro atoms. The summed E-state index contributed by atoms with van der Waals surface area (Å²) in [5, 5.41) is 27.5. The lowest BCUT2D eigenvalue weighted by Crippen LogP contribution is -2.58. The molecule has 26 heavy (non-hydrogen) atoms. The molecule has 1 fully saturated rings. The topological polar surface area (TPSA) is 122 Å². The van der Waals surface area contributed by atoms with Crippen molar-refractivity contribution >= 4 is 17.9 Å². The maximum atomic E-state index is 11.6. The van der Waals surface area contributed by atoms with E-state index in [0.29, 0.717) is 45.6 Å². The first kappa shape index (κ1) is 22.3. The fraction of sp³-hybridized carbons (Fsp3) is 0.824. The highest BCUT2D eigenvalue weighted by molar-refractivity contribution is 5.73. The minimum absolute atomic E-state index is 0.0780. The van der Waals surface area contributed by atoms with Gasteiger partial charge in [-0.2, -0.15) is 0 Å². The molecule has 9 nitrogen and oxygen atoms in total. The minimum atomic E-state index is -0.938. The van der Waals surface area contributed by atoms with E-state index >= 15 is 0 Å². The lowest BCUT2D eigenvalue weighted by atomic mass is 9.97. The van der Waals surface area contributed by atoms with Crippen molar-refractivity contribution in [2.75, 3.05) is 46.3 Å². The molecule has 2 atom stereocenters. The summed E-state index contributed by atoms with van der Waals surface area (Å²) in [7, 11) is 1.73. The highest BCUT2D eigenvalue weighted by Gasteiger charge is 2.39. The number of aliphatic carboxylic acids is 3. The number of rotatable bonds is 10. The van der Waals surface area contributed by atoms with E-state index in [1.165, 1.54) is 0 Å². The third kappa shape index (κ3) is 6.54. The third-order valence-electron chi connectivity index (χ3n) is 5.08. The van der Waals surface area contributed by atoms with Gasteiger partial charge in [-0.25, -0.2) is 0 Å². The first-order valence-corrected chi connectivity index (χ1v) is 8.93. The van der Waals surface area contributed by atoms with Crippen LogP contribution in [0.3, 0.4) is 0 Å². The van der Waals surface area contributed by atoms with Gasteiger partial charge in [-0.15, -0.1) is 0 Å². The largest absolute Gasteiger partial charge is 0.481 e. The van der Waals surface area contributed by atoms with Gasteiger partial charge in [-0.3, -0.25) is 24.2 Å². The van der Waals surface area contributed by atoms with Crippen molar-refractivity contribution in [3.63, 3.8) is 0 Å². The monoisotopic (exact) mass is 373 g/mol. The zero-order valence-corrected chi connectivity index (χ0v) is 15.8. The van der Waals surface area contributed by atoms with Crippen LogP contribution in [0.15, 0.2) is 0 Å². The molecule has 150 valence electrons. The summed E-state index contributed by atoms with van der Waals surface area (Å²) in [6, 6.07) is -0.619. The number of nitrogens with zero attached hydrogens (tertiary/aromatic N) is 3. The van der Waals surface area contributed by atoms with E-state index in [1.54, 1.807) is 11.9 Å². The Morgan fingerprint density at radius 2 is 1.77 bits per heavy atom. The zero-order valence-electron chi connectivity index (χ0n) is 15.8. The summed E-state index contributed by atoms with van der Waals surface area (Å²) < 4.78 is 0. The molecule has 1 heterocycles. The van der Waals surface area contributed by atoms with E-state index < -0.39 is 29.5 Å². The van der Waals surface area contributed by atoms with Crippen LogP contribution in [0.4, 0.5) is 0 Å². The fourth-order valence-electron chi connectivity index (χ4n) is 3.53. The lowest BCUT2D eigenvalue weighted by molar-refractivity contribution is -0.145. The number of hydrogen-bond acceptors (Lipinski definition) is 6. The quantitative estimate of drug-likeness (QED) is 0.489. The Morgan fingerprint density at radius 3 is 2.27 bits per heavy atom. The van der Waals surface area contributed by atoms with Gasteiger partial charge in [0.05, 0.1) is 6.54 Å². The second-order valence-corrected chi connectivity index (χ2v) is 7.25. The molecule has 1 rings (SSSR count). The summed E-state index contributed by atoms with van der Waals surface area (Å²) >= 11 is 0. The lowest BCUT2D eigenvalue weighted by Gasteiger charge is -2.42. The maximum Gasteiger partial charge on any atom is 0.320 e. The van der Waals surface area contributed by atoms with E-state index in [4.69, 9.17) is 10.2 Å². The van der Waals surface area contributed by atoms with Crippen LogP contribution in [0.1, 0.15) is 33.1 Å². The van der Waals surface area contributed by atoms with Gasteiger partial charge in [0, 0.05) is 38.1 Å². The van der Waals surface area contributed by atoms with E-state index in [9.17, 15) is 19.5 Å². The molecule has 9 heteroatoms. The number of carbonyl (C=O) groups is 3. The molecular weight excluding hydrogens is 342 g/mol. The van der Waals surface area contributed by atoms with Crippen LogP contribution >= 0.6 is 0 Å². The molecule has 1 saturated heterocycles. The average Bonchev–Trinajstić information content (AvgIpc) is 2.67. The number of likely N-dealkylation sites (N-methyl/N-ethyl adjacent to an activating group) is 1. The molecule has 0 aromatic rings. The molecule has 0 amide bonds. The van der Waals surface area contributed by atoms with E-state index in [0.717, 1.165) is 0 Å². The molecule has 0 aliphatic carbocycles. The van der Waals surface area contributed by atoms with Crippen molar-refractivity contribution < 1.29 is 29.7 Å². The number of carboxylic acid groups (broad SMARTS) is 3. The van der Waals surface area contributed by atoms with Gasteiger partial charge in [-0.1, -0.05) is 6.92 Å². The molecule has 1 aliphatic heterocycles. The van der Waals surface area contributed by atoms with Crippen LogP contribution in [-0.2, 0) is 14.4 Å². The Labute approximate surface area is 154 Å². The molecule has 1 aliphatic rings. The maximum absolute atomic E-state index is 11.6. The van der Waals surface area contributed by atoms with Crippen LogP contribution in [0, 0.1) is 0 Å². The summed E-state index contributed by atoms with van der Waals surface area (Å²) in [5.74, 6) is -2.66. The average molecular weight is 373 g/mol. The van der Waals surface area contributed by atoms with Crippen molar-refractivity contribution in [2.45, 2.75) is 44.7 Å². The molecule has 0 aromatic heterocycles. The Bertz CT molecular complexity index is 515. The predicted octanol–water partition coefficient (Wildman–Crippen LogP) is 0.107. The zero-order chi connectivity index (χ0) is 19.9. The first-order chi connectivity index (χ1) is 12.1. The molecule has 3 N–H and O–H groups in total. The van der Waals surface area contributed by atoms with Gasteiger partial charge in [0.2, 0.25) is 0 Å². The number of carboxylic acids is 3. The SMILES string of the molecule is CCC(C(=O)O)N1CCN(CCCC(=O)O)CC(C)(N(C)CC(=O)O)C1. The van der Waals surface area contributed by atoms with Crippen LogP contribution in [-0.4, -0.2) is 106 Å². The van der Waals surface area contributed by atoms with Crippen LogP contribution in [0.5, 0.6) is 0 Å². The summed E-state index contributed by atoms with van der Waals surface area (Å²) in [4.78, 5) is 39.3. The molecule has 0 saturated carbocycles. The molecule has 0 bridgehead atoms. The molecule has 2 unspecified atom stereocenters. The summed E-state index contributed by atoms with van der Waals surface area (Å²) in [6.45, 7) is 6.38. The van der Waals surface area contributed by atoms with Gasteiger partial charge in [0.15, 0.2) is 0 Å². The highest BCUT2D eigenvalue weighted by Crippen LogP contribution is 2.23. The molecule has 0 radical (unpaired) electrons. The summed E-state index contributed by atoms with van der Waals surface area (Å²) in [5.41, 5.74) is -0.555. The Hall–Kier alpha value is -1.71. The van der Waals surface area contributed by atoms with Crippen molar-refractivity contribution in [1.82, 2.24) is 14.7 Å². The fourth-order valence-corrected chi connectivity index (χ4v) is 3.53. The Kier molecular flexibility index (Phi) is 8.45.